The summed E-state index contributed by atoms with van der Waals surface area (Å²) in [6, 6.07) is 7.05. The lowest BCUT2D eigenvalue weighted by Gasteiger charge is -2.29. The fourth-order valence-electron chi connectivity index (χ4n) is 2.47. The van der Waals surface area contributed by atoms with E-state index in [0.717, 1.165) is 48.9 Å². The minimum Gasteiger partial charge on any atom is -0.508 e. The lowest BCUT2D eigenvalue weighted by molar-refractivity contribution is 0.122. The van der Waals surface area contributed by atoms with Crippen LogP contribution >= 0.6 is 0 Å². The van der Waals surface area contributed by atoms with Gasteiger partial charge in [0, 0.05) is 29.9 Å². The van der Waals surface area contributed by atoms with Crippen molar-refractivity contribution in [2.45, 2.75) is 13.8 Å². The molecule has 1 aliphatic rings. The lowest BCUT2D eigenvalue weighted by Crippen LogP contribution is -2.37. The molecular formula is C16H19N3O2. The summed E-state index contributed by atoms with van der Waals surface area (Å²) in [7, 11) is 0. The first kappa shape index (κ1) is 13.8. The zero-order valence-corrected chi connectivity index (χ0v) is 12.3. The Morgan fingerprint density at radius 1 is 1.14 bits per heavy atom. The number of benzene rings is 1. The minimum absolute atomic E-state index is 0.224. The quantitative estimate of drug-likeness (QED) is 0.917. The smallest absolute Gasteiger partial charge is 0.161 e. The first-order valence-corrected chi connectivity index (χ1v) is 7.12. The van der Waals surface area contributed by atoms with Gasteiger partial charge >= 0.3 is 0 Å². The zero-order chi connectivity index (χ0) is 14.8. The molecule has 1 saturated heterocycles. The van der Waals surface area contributed by atoms with E-state index >= 15 is 0 Å². The number of anilines is 1. The molecule has 0 saturated carbocycles. The molecule has 2 aromatic rings. The number of morpholine rings is 1. The van der Waals surface area contributed by atoms with E-state index < -0.39 is 0 Å². The van der Waals surface area contributed by atoms with Crippen molar-refractivity contribution < 1.29 is 9.84 Å². The van der Waals surface area contributed by atoms with E-state index in [1.165, 1.54) is 0 Å². The van der Waals surface area contributed by atoms with Crippen LogP contribution < -0.4 is 4.90 Å². The molecule has 0 aliphatic carbocycles. The molecular weight excluding hydrogens is 266 g/mol. The van der Waals surface area contributed by atoms with Crippen LogP contribution in [0.5, 0.6) is 5.75 Å². The molecule has 0 bridgehead atoms. The summed E-state index contributed by atoms with van der Waals surface area (Å²) in [5.74, 6) is 1.84. The summed E-state index contributed by atoms with van der Waals surface area (Å²) in [4.78, 5) is 11.5. The molecule has 3 rings (SSSR count). The van der Waals surface area contributed by atoms with Crippen molar-refractivity contribution in [1.29, 1.82) is 0 Å². The molecule has 0 radical (unpaired) electrons. The number of ether oxygens (including phenoxy) is 1. The van der Waals surface area contributed by atoms with E-state index in [9.17, 15) is 5.11 Å². The Balaban J connectivity index is 2.04. The fraction of sp³-hybridized carbons (Fsp3) is 0.375. The molecule has 1 N–H and O–H groups in total. The van der Waals surface area contributed by atoms with Gasteiger partial charge in [0.25, 0.3) is 0 Å². The number of rotatable bonds is 2. The van der Waals surface area contributed by atoms with Gasteiger partial charge in [-0.05, 0) is 26.0 Å². The number of nitrogens with zero attached hydrogens (tertiary/aromatic N) is 3. The van der Waals surface area contributed by atoms with Crippen molar-refractivity contribution in [2.24, 2.45) is 0 Å². The van der Waals surface area contributed by atoms with Gasteiger partial charge in [-0.25, -0.2) is 9.97 Å². The van der Waals surface area contributed by atoms with Gasteiger partial charge in [-0.3, -0.25) is 0 Å². The summed E-state index contributed by atoms with van der Waals surface area (Å²) >= 11 is 0. The second-order valence-corrected chi connectivity index (χ2v) is 5.23. The van der Waals surface area contributed by atoms with E-state index in [1.807, 2.05) is 19.9 Å². The summed E-state index contributed by atoms with van der Waals surface area (Å²) in [5.41, 5.74) is 2.89. The van der Waals surface area contributed by atoms with Gasteiger partial charge in [-0.2, -0.15) is 0 Å². The van der Waals surface area contributed by atoms with Crippen LogP contribution in [0.15, 0.2) is 24.3 Å². The van der Waals surface area contributed by atoms with E-state index in [1.54, 1.807) is 18.2 Å². The average Bonchev–Trinajstić information content (AvgIpc) is 2.51. The van der Waals surface area contributed by atoms with E-state index in [0.29, 0.717) is 5.82 Å². The molecule has 0 unspecified atom stereocenters. The molecule has 1 aromatic heterocycles. The molecule has 2 heterocycles. The van der Waals surface area contributed by atoms with Crippen LogP contribution in [-0.2, 0) is 4.74 Å². The molecule has 0 atom stereocenters. The summed E-state index contributed by atoms with van der Waals surface area (Å²) in [6.45, 7) is 7.18. The van der Waals surface area contributed by atoms with Crippen LogP contribution in [0.3, 0.4) is 0 Å². The molecule has 1 aliphatic heterocycles. The van der Waals surface area contributed by atoms with E-state index in [-0.39, 0.29) is 5.75 Å². The Morgan fingerprint density at radius 3 is 2.62 bits per heavy atom. The van der Waals surface area contributed by atoms with Crippen LogP contribution in [-0.4, -0.2) is 41.4 Å². The molecule has 1 fully saturated rings. The summed E-state index contributed by atoms with van der Waals surface area (Å²) in [5, 5.41) is 9.63. The van der Waals surface area contributed by atoms with Crippen LogP contribution in [0.2, 0.25) is 0 Å². The summed E-state index contributed by atoms with van der Waals surface area (Å²) in [6.07, 6.45) is 0. The highest BCUT2D eigenvalue weighted by atomic mass is 16.5. The van der Waals surface area contributed by atoms with Gasteiger partial charge in [0.15, 0.2) is 5.82 Å². The number of aromatic nitrogens is 2. The number of phenols is 1. The van der Waals surface area contributed by atoms with Gasteiger partial charge in [-0.15, -0.1) is 0 Å². The second-order valence-electron chi connectivity index (χ2n) is 5.23. The maximum atomic E-state index is 9.63. The maximum absolute atomic E-state index is 9.63. The molecule has 21 heavy (non-hydrogen) atoms. The Hall–Kier alpha value is -2.14. The number of phenolic OH excluding ortho intramolecular Hbond substituents is 1. The Morgan fingerprint density at radius 2 is 1.90 bits per heavy atom. The predicted octanol–water partition coefficient (Wildman–Crippen LogP) is 2.30. The molecule has 5 nitrogen and oxygen atoms in total. The first-order valence-electron chi connectivity index (χ1n) is 7.12. The van der Waals surface area contributed by atoms with Crippen LogP contribution in [0.25, 0.3) is 11.4 Å². The molecule has 5 heteroatoms. The van der Waals surface area contributed by atoms with Gasteiger partial charge in [0.05, 0.1) is 13.2 Å². The highest BCUT2D eigenvalue weighted by molar-refractivity contribution is 5.61. The van der Waals surface area contributed by atoms with Crippen molar-refractivity contribution in [3.8, 4) is 17.1 Å². The van der Waals surface area contributed by atoms with Crippen molar-refractivity contribution >= 4 is 5.82 Å². The Bertz CT molecular complexity index is 652. The Labute approximate surface area is 124 Å². The van der Waals surface area contributed by atoms with Crippen LogP contribution in [0.1, 0.15) is 11.3 Å². The molecule has 1 aromatic carbocycles. The van der Waals surface area contributed by atoms with Crippen molar-refractivity contribution in [3.05, 3.63) is 35.5 Å². The monoisotopic (exact) mass is 285 g/mol. The van der Waals surface area contributed by atoms with E-state index in [2.05, 4.69) is 9.88 Å². The third-order valence-corrected chi connectivity index (χ3v) is 3.78. The van der Waals surface area contributed by atoms with Gasteiger partial charge < -0.3 is 14.7 Å². The molecule has 110 valence electrons. The van der Waals surface area contributed by atoms with Crippen LogP contribution in [0.4, 0.5) is 5.82 Å². The highest BCUT2D eigenvalue weighted by Gasteiger charge is 2.18. The van der Waals surface area contributed by atoms with Gasteiger partial charge in [0.2, 0.25) is 0 Å². The third-order valence-electron chi connectivity index (χ3n) is 3.78. The minimum atomic E-state index is 0.224. The number of aromatic hydroxyl groups is 1. The van der Waals surface area contributed by atoms with Gasteiger partial charge in [-0.1, -0.05) is 12.1 Å². The zero-order valence-electron chi connectivity index (χ0n) is 12.3. The standard InChI is InChI=1S/C16H19N3O2/c1-11-12(2)17-15(13-4-3-5-14(20)10-13)18-16(11)19-6-8-21-9-7-19/h3-5,10,20H,6-9H2,1-2H3. The summed E-state index contributed by atoms with van der Waals surface area (Å²) < 4.78 is 5.40. The number of aryl methyl sites for hydroxylation is 1. The lowest BCUT2D eigenvalue weighted by atomic mass is 10.1. The largest absolute Gasteiger partial charge is 0.508 e. The predicted molar refractivity (Wildman–Crippen MR) is 81.6 cm³/mol. The normalized spacial score (nSPS) is 15.2. The van der Waals surface area contributed by atoms with E-state index in [4.69, 9.17) is 9.72 Å². The molecule has 0 spiro atoms. The Kier molecular flexibility index (Phi) is 3.75. The maximum Gasteiger partial charge on any atom is 0.161 e. The second kappa shape index (κ2) is 5.69. The highest BCUT2D eigenvalue weighted by Crippen LogP contribution is 2.26. The van der Waals surface area contributed by atoms with Gasteiger partial charge in [0.1, 0.15) is 11.6 Å². The molecule has 0 amide bonds. The number of hydrogen-bond donors (Lipinski definition) is 1. The fourth-order valence-corrected chi connectivity index (χ4v) is 2.47. The van der Waals surface area contributed by atoms with Crippen LogP contribution in [0, 0.1) is 13.8 Å². The number of hydrogen-bond acceptors (Lipinski definition) is 5. The van der Waals surface area contributed by atoms with Crippen molar-refractivity contribution in [2.75, 3.05) is 31.2 Å². The SMILES string of the molecule is Cc1nc(-c2cccc(O)c2)nc(N2CCOCC2)c1C. The van der Waals surface area contributed by atoms with Crippen molar-refractivity contribution in [1.82, 2.24) is 9.97 Å². The average molecular weight is 285 g/mol. The third kappa shape index (κ3) is 2.83. The topological polar surface area (TPSA) is 58.5 Å². The first-order chi connectivity index (χ1) is 10.1. The van der Waals surface area contributed by atoms with Crippen molar-refractivity contribution in [3.63, 3.8) is 0 Å².